The van der Waals surface area contributed by atoms with Gasteiger partial charge in [-0.05, 0) is 19.4 Å². The van der Waals surface area contributed by atoms with Gasteiger partial charge in [0.05, 0.1) is 6.54 Å². The van der Waals surface area contributed by atoms with Crippen molar-refractivity contribution in [2.24, 2.45) is 0 Å². The molecule has 0 radical (unpaired) electrons. The number of piperidine rings is 1. The first-order valence-corrected chi connectivity index (χ1v) is 4.61. The molecule has 0 bridgehead atoms. The third-order valence-electron chi connectivity index (χ3n) is 2.23. The molecule has 1 atom stereocenters. The van der Waals surface area contributed by atoms with Gasteiger partial charge in [0.1, 0.15) is 0 Å². The Morgan fingerprint density at radius 3 is 3.23 bits per heavy atom. The zero-order chi connectivity index (χ0) is 8.93. The lowest BCUT2D eigenvalue weighted by atomic mass is 10.1. The fourth-order valence-electron chi connectivity index (χ4n) is 1.52. The van der Waals surface area contributed by atoms with Crippen molar-refractivity contribution in [3.63, 3.8) is 0 Å². The van der Waals surface area contributed by atoms with Crippen LogP contribution in [0.3, 0.4) is 0 Å². The lowest BCUT2D eigenvalue weighted by molar-refractivity contribution is 0.386. The van der Waals surface area contributed by atoms with Crippen LogP contribution in [0, 0.1) is 0 Å². The third-order valence-corrected chi connectivity index (χ3v) is 2.23. The summed E-state index contributed by atoms with van der Waals surface area (Å²) in [5.74, 6) is 0.727. The highest BCUT2D eigenvalue weighted by Crippen LogP contribution is 2.01. The van der Waals surface area contributed by atoms with Gasteiger partial charge in [0.25, 0.3) is 0 Å². The second-order valence-corrected chi connectivity index (χ2v) is 3.25. The molecule has 2 rings (SSSR count). The molecule has 1 unspecified atom stereocenters. The molecule has 1 saturated heterocycles. The van der Waals surface area contributed by atoms with E-state index in [1.165, 1.54) is 12.8 Å². The third kappa shape index (κ3) is 2.46. The maximum absolute atomic E-state index is 3.87. The summed E-state index contributed by atoms with van der Waals surface area (Å²) in [6.07, 6.45) is 2.47. The predicted molar refractivity (Wildman–Crippen MR) is 46.9 cm³/mol. The van der Waals surface area contributed by atoms with E-state index in [1.54, 1.807) is 0 Å². The molecule has 0 aliphatic carbocycles. The Hall–Kier alpha value is -1.01. The molecule has 13 heavy (non-hydrogen) atoms. The molecule has 1 aliphatic heterocycles. The smallest absolute Gasteiger partial charge is 0.188 e. The Kier molecular flexibility index (Phi) is 2.83. The van der Waals surface area contributed by atoms with Gasteiger partial charge >= 0.3 is 0 Å². The molecule has 2 heterocycles. The molecule has 0 aromatic carbocycles. The van der Waals surface area contributed by atoms with Crippen LogP contribution in [0.25, 0.3) is 0 Å². The predicted octanol–water partition coefficient (Wildman–Crippen LogP) is -0.959. The van der Waals surface area contributed by atoms with Gasteiger partial charge in [-0.2, -0.15) is 5.21 Å². The van der Waals surface area contributed by atoms with E-state index in [4.69, 9.17) is 0 Å². The molecule has 1 aliphatic rings. The summed E-state index contributed by atoms with van der Waals surface area (Å²) in [5, 5.41) is 20.4. The van der Waals surface area contributed by atoms with Crippen molar-refractivity contribution in [3.05, 3.63) is 5.82 Å². The SMILES string of the molecule is C1CNCC(NCc2nn[nH]n2)C1. The van der Waals surface area contributed by atoms with Gasteiger partial charge in [-0.3, -0.25) is 0 Å². The first-order chi connectivity index (χ1) is 6.45. The number of rotatable bonds is 3. The maximum Gasteiger partial charge on any atom is 0.188 e. The maximum atomic E-state index is 3.87. The van der Waals surface area contributed by atoms with Gasteiger partial charge in [0.2, 0.25) is 0 Å². The highest BCUT2D eigenvalue weighted by Gasteiger charge is 2.12. The van der Waals surface area contributed by atoms with E-state index in [9.17, 15) is 0 Å². The van der Waals surface area contributed by atoms with Crippen molar-refractivity contribution in [1.82, 2.24) is 31.3 Å². The van der Waals surface area contributed by atoms with E-state index in [0.29, 0.717) is 12.6 Å². The van der Waals surface area contributed by atoms with Crippen LogP contribution in [-0.4, -0.2) is 39.8 Å². The monoisotopic (exact) mass is 182 g/mol. The number of aromatic amines is 1. The second kappa shape index (κ2) is 4.29. The van der Waals surface area contributed by atoms with E-state index >= 15 is 0 Å². The molecule has 0 spiro atoms. The molecule has 72 valence electrons. The zero-order valence-electron chi connectivity index (χ0n) is 7.45. The Morgan fingerprint density at radius 1 is 1.54 bits per heavy atom. The van der Waals surface area contributed by atoms with E-state index in [2.05, 4.69) is 31.3 Å². The fraction of sp³-hybridized carbons (Fsp3) is 0.857. The standard InChI is InChI=1S/C7H14N6/c1-2-6(4-8-3-1)9-5-7-10-12-13-11-7/h6,8-9H,1-5H2,(H,10,11,12,13). The summed E-state index contributed by atoms with van der Waals surface area (Å²) in [7, 11) is 0. The number of tetrazole rings is 1. The molecule has 1 fully saturated rings. The largest absolute Gasteiger partial charge is 0.315 e. The highest BCUT2D eigenvalue weighted by atomic mass is 15.5. The lowest BCUT2D eigenvalue weighted by Crippen LogP contribution is -2.42. The van der Waals surface area contributed by atoms with Crippen molar-refractivity contribution in [2.75, 3.05) is 13.1 Å². The van der Waals surface area contributed by atoms with Crippen LogP contribution in [0.15, 0.2) is 0 Å². The average Bonchev–Trinajstić information content (AvgIpc) is 2.69. The normalized spacial score (nSPS) is 23.2. The van der Waals surface area contributed by atoms with Crippen LogP contribution in [0.4, 0.5) is 0 Å². The van der Waals surface area contributed by atoms with E-state index < -0.39 is 0 Å². The topological polar surface area (TPSA) is 78.5 Å². The lowest BCUT2D eigenvalue weighted by Gasteiger charge is -2.23. The number of H-pyrrole nitrogens is 1. The van der Waals surface area contributed by atoms with Crippen molar-refractivity contribution in [2.45, 2.75) is 25.4 Å². The van der Waals surface area contributed by atoms with Crippen molar-refractivity contribution in [1.29, 1.82) is 0 Å². The number of aromatic nitrogens is 4. The van der Waals surface area contributed by atoms with Crippen molar-refractivity contribution in [3.8, 4) is 0 Å². The first kappa shape index (κ1) is 8.58. The van der Waals surface area contributed by atoms with Crippen LogP contribution < -0.4 is 10.6 Å². The number of hydrogen-bond donors (Lipinski definition) is 3. The Labute approximate surface area is 76.5 Å². The molecule has 0 saturated carbocycles. The van der Waals surface area contributed by atoms with Gasteiger partial charge in [-0.25, -0.2) is 0 Å². The zero-order valence-corrected chi connectivity index (χ0v) is 7.45. The summed E-state index contributed by atoms with van der Waals surface area (Å²) in [5.41, 5.74) is 0. The minimum absolute atomic E-state index is 0.548. The molecule has 1 aromatic rings. The number of hydrogen-bond acceptors (Lipinski definition) is 5. The van der Waals surface area contributed by atoms with Crippen LogP contribution in [0.2, 0.25) is 0 Å². The molecule has 1 aromatic heterocycles. The van der Waals surface area contributed by atoms with Crippen LogP contribution >= 0.6 is 0 Å². The van der Waals surface area contributed by atoms with E-state index in [-0.39, 0.29) is 0 Å². The van der Waals surface area contributed by atoms with Crippen LogP contribution in [0.1, 0.15) is 18.7 Å². The van der Waals surface area contributed by atoms with Gasteiger partial charge in [-0.1, -0.05) is 5.21 Å². The first-order valence-electron chi connectivity index (χ1n) is 4.61. The van der Waals surface area contributed by atoms with Crippen molar-refractivity contribution >= 4 is 0 Å². The summed E-state index contributed by atoms with van der Waals surface area (Å²) in [4.78, 5) is 0. The molecule has 0 amide bonds. The number of nitrogens with zero attached hydrogens (tertiary/aromatic N) is 3. The Balaban J connectivity index is 1.72. The van der Waals surface area contributed by atoms with Gasteiger partial charge in [0, 0.05) is 12.6 Å². The van der Waals surface area contributed by atoms with Gasteiger partial charge in [-0.15, -0.1) is 10.2 Å². The average molecular weight is 182 g/mol. The fourth-order valence-corrected chi connectivity index (χ4v) is 1.52. The molecular formula is C7H14N6. The summed E-state index contributed by atoms with van der Waals surface area (Å²) in [6, 6.07) is 0.548. The quantitative estimate of drug-likeness (QED) is 0.561. The van der Waals surface area contributed by atoms with Crippen LogP contribution in [0.5, 0.6) is 0 Å². The van der Waals surface area contributed by atoms with Crippen LogP contribution in [-0.2, 0) is 6.54 Å². The van der Waals surface area contributed by atoms with E-state index in [1.807, 2.05) is 0 Å². The summed E-state index contributed by atoms with van der Waals surface area (Å²) in [6.45, 7) is 2.88. The number of nitrogens with one attached hydrogen (secondary N) is 3. The molecule has 6 heteroatoms. The van der Waals surface area contributed by atoms with Gasteiger partial charge < -0.3 is 10.6 Å². The molecular weight excluding hydrogens is 168 g/mol. The molecule has 6 nitrogen and oxygen atoms in total. The summed E-state index contributed by atoms with van der Waals surface area (Å²) < 4.78 is 0. The second-order valence-electron chi connectivity index (χ2n) is 3.25. The van der Waals surface area contributed by atoms with Crippen molar-refractivity contribution < 1.29 is 0 Å². The summed E-state index contributed by atoms with van der Waals surface area (Å²) >= 11 is 0. The van der Waals surface area contributed by atoms with Gasteiger partial charge in [0.15, 0.2) is 5.82 Å². The highest BCUT2D eigenvalue weighted by molar-refractivity contribution is 4.80. The minimum Gasteiger partial charge on any atom is -0.315 e. The Morgan fingerprint density at radius 2 is 2.54 bits per heavy atom. The Bertz CT molecular complexity index is 227. The van der Waals surface area contributed by atoms with E-state index in [0.717, 1.165) is 18.9 Å². The minimum atomic E-state index is 0.548. The molecule has 3 N–H and O–H groups in total.